The highest BCUT2D eigenvalue weighted by Gasteiger charge is 2.51. The molecule has 1 fully saturated rings. The fourth-order valence-corrected chi connectivity index (χ4v) is 5.84. The Bertz CT molecular complexity index is 1060. The van der Waals surface area contributed by atoms with Crippen LogP contribution in [0.4, 0.5) is 5.95 Å². The van der Waals surface area contributed by atoms with Crippen LogP contribution in [0, 0.1) is 0 Å². The maximum absolute atomic E-state index is 13.0. The van der Waals surface area contributed by atoms with Crippen LogP contribution in [0.1, 0.15) is 59.6 Å². The first-order valence-corrected chi connectivity index (χ1v) is 12.7. The average molecular weight is 503 g/mol. The molecule has 192 valence electrons. The molecule has 2 aromatic heterocycles. The quantitative estimate of drug-likeness (QED) is 0.292. The monoisotopic (exact) mass is 503 g/mol. The highest BCUT2D eigenvalue weighted by molar-refractivity contribution is 7.54. The number of nitrogens with two attached hydrogens (primary N) is 1. The summed E-state index contributed by atoms with van der Waals surface area (Å²) in [5, 5.41) is 30.2. The van der Waals surface area contributed by atoms with Gasteiger partial charge in [-0.1, -0.05) is 20.8 Å². The number of nitrogen functional groups attached to an aromatic ring is 1. The third-order valence-electron chi connectivity index (χ3n) is 6.59. The number of hydrogen-bond donors (Lipinski definition) is 5. The molecule has 1 aliphatic heterocycles. The van der Waals surface area contributed by atoms with Crippen LogP contribution in [0.3, 0.4) is 0 Å². The van der Waals surface area contributed by atoms with Crippen molar-refractivity contribution in [3.8, 4) is 5.88 Å². The van der Waals surface area contributed by atoms with Crippen LogP contribution < -0.4 is 10.5 Å². The number of aromatic nitrogens is 4. The van der Waals surface area contributed by atoms with Gasteiger partial charge < -0.3 is 39.9 Å². The molecule has 0 bridgehead atoms. The number of aliphatic hydroxyl groups is 3. The first kappa shape index (κ1) is 26.7. The van der Waals surface area contributed by atoms with E-state index in [9.17, 15) is 24.8 Å². The second kappa shape index (κ2) is 9.65. The molecule has 0 spiro atoms. The summed E-state index contributed by atoms with van der Waals surface area (Å²) in [5.41, 5.74) is 5.05. The Hall–Kier alpha value is -1.86. The van der Waals surface area contributed by atoms with Crippen LogP contribution in [-0.2, 0) is 13.8 Å². The lowest BCUT2D eigenvalue weighted by molar-refractivity contribution is -0.0696. The van der Waals surface area contributed by atoms with Crippen molar-refractivity contribution in [1.82, 2.24) is 19.5 Å². The lowest BCUT2D eigenvalue weighted by atomic mass is 9.93. The summed E-state index contributed by atoms with van der Waals surface area (Å²) in [6, 6.07) is 0. The van der Waals surface area contributed by atoms with Crippen LogP contribution in [-0.4, -0.2) is 76.1 Å². The van der Waals surface area contributed by atoms with Gasteiger partial charge in [0.15, 0.2) is 22.7 Å². The lowest BCUT2D eigenvalue weighted by Crippen LogP contribution is -2.40. The Morgan fingerprint density at radius 1 is 1.21 bits per heavy atom. The average Bonchev–Trinajstić information content (AvgIpc) is 3.33. The Kier molecular flexibility index (Phi) is 7.59. The Morgan fingerprint density at radius 3 is 2.41 bits per heavy atom. The third-order valence-corrected chi connectivity index (χ3v) is 8.97. The lowest BCUT2D eigenvalue weighted by Gasteiger charge is -2.38. The van der Waals surface area contributed by atoms with Gasteiger partial charge >= 0.3 is 7.60 Å². The van der Waals surface area contributed by atoms with Crippen molar-refractivity contribution < 1.29 is 38.8 Å². The van der Waals surface area contributed by atoms with Crippen molar-refractivity contribution in [2.45, 2.75) is 88.9 Å². The van der Waals surface area contributed by atoms with Gasteiger partial charge in [0, 0.05) is 6.42 Å². The van der Waals surface area contributed by atoms with Crippen LogP contribution in [0.5, 0.6) is 5.88 Å². The molecule has 0 saturated carbocycles. The van der Waals surface area contributed by atoms with Crippen LogP contribution >= 0.6 is 7.60 Å². The molecule has 6 atom stereocenters. The van der Waals surface area contributed by atoms with Crippen LogP contribution in [0.15, 0.2) is 6.33 Å². The number of nitrogens with zero attached hydrogens (tertiary/aromatic N) is 4. The van der Waals surface area contributed by atoms with E-state index in [0.717, 1.165) is 0 Å². The molecule has 0 amide bonds. The number of aliphatic hydroxyl groups excluding tert-OH is 2. The maximum atomic E-state index is 13.0. The number of rotatable bonds is 10. The summed E-state index contributed by atoms with van der Waals surface area (Å²) >= 11 is 0. The van der Waals surface area contributed by atoms with Crippen molar-refractivity contribution in [3.63, 3.8) is 0 Å². The van der Waals surface area contributed by atoms with Crippen molar-refractivity contribution in [1.29, 1.82) is 0 Å². The predicted octanol–water partition coefficient (Wildman–Crippen LogP) is 1.31. The maximum Gasteiger partial charge on any atom is 0.359 e. The van der Waals surface area contributed by atoms with E-state index in [0.29, 0.717) is 5.52 Å². The minimum atomic E-state index is -4.46. The van der Waals surface area contributed by atoms with Crippen LogP contribution in [0.2, 0.25) is 0 Å². The zero-order chi connectivity index (χ0) is 25.5. The minimum Gasteiger partial charge on any atom is -0.479 e. The molecule has 3 heterocycles. The van der Waals surface area contributed by atoms with Gasteiger partial charge in [0.25, 0.3) is 0 Å². The van der Waals surface area contributed by atoms with E-state index >= 15 is 0 Å². The number of ether oxygens (including phenoxy) is 2. The van der Waals surface area contributed by atoms with Gasteiger partial charge in [-0.25, -0.2) is 4.98 Å². The normalized spacial score (nSPS) is 27.0. The van der Waals surface area contributed by atoms with Gasteiger partial charge in [-0.05, 0) is 26.2 Å². The van der Waals surface area contributed by atoms with E-state index in [4.69, 9.17) is 19.7 Å². The molecule has 2 unspecified atom stereocenters. The van der Waals surface area contributed by atoms with Crippen LogP contribution in [0.25, 0.3) is 11.2 Å². The van der Waals surface area contributed by atoms with E-state index in [1.165, 1.54) is 18.0 Å². The van der Waals surface area contributed by atoms with Gasteiger partial charge in [-0.2, -0.15) is 9.97 Å². The fourth-order valence-electron chi connectivity index (χ4n) is 4.07. The van der Waals surface area contributed by atoms with E-state index in [1.54, 1.807) is 27.7 Å². The van der Waals surface area contributed by atoms with Gasteiger partial charge in [0.2, 0.25) is 11.8 Å². The topological polar surface area (TPSA) is 195 Å². The van der Waals surface area contributed by atoms with Crippen molar-refractivity contribution >= 4 is 24.7 Å². The van der Waals surface area contributed by atoms with Crippen molar-refractivity contribution in [3.05, 3.63) is 6.33 Å². The molecule has 1 aliphatic rings. The summed E-state index contributed by atoms with van der Waals surface area (Å²) in [6.45, 7) is 6.55. The number of hydrogen-bond acceptors (Lipinski definition) is 11. The summed E-state index contributed by atoms with van der Waals surface area (Å²) in [6.07, 6.45) is -3.06. The summed E-state index contributed by atoms with van der Waals surface area (Å²) in [5.74, 6) is 0.0801. The SMILES string of the molecule is CCC(C)(C[C@H]1O[C@@H](n2cnc3c(OC)nc(N)nc32)[C@H](O)[C@@H]1O)OP(=O)(O)C(O)(CC)CC. The fraction of sp³-hybridized carbons (Fsp3) is 0.750. The molecule has 1 saturated heterocycles. The minimum absolute atomic E-state index is 0.0284. The predicted molar refractivity (Wildman–Crippen MR) is 122 cm³/mol. The first-order valence-electron chi connectivity index (χ1n) is 11.2. The summed E-state index contributed by atoms with van der Waals surface area (Å²) in [7, 11) is -3.05. The van der Waals surface area contributed by atoms with E-state index < -0.39 is 43.1 Å². The summed E-state index contributed by atoms with van der Waals surface area (Å²) in [4.78, 5) is 22.9. The van der Waals surface area contributed by atoms with Crippen molar-refractivity contribution in [2.24, 2.45) is 0 Å². The largest absolute Gasteiger partial charge is 0.479 e. The highest BCUT2D eigenvalue weighted by Crippen LogP contribution is 2.60. The molecule has 3 rings (SSSR count). The van der Waals surface area contributed by atoms with Gasteiger partial charge in [-0.15, -0.1) is 0 Å². The zero-order valence-electron chi connectivity index (χ0n) is 20.0. The molecule has 0 radical (unpaired) electrons. The van der Waals surface area contributed by atoms with E-state index in [-0.39, 0.29) is 43.2 Å². The third kappa shape index (κ3) is 4.66. The Balaban J connectivity index is 1.87. The highest BCUT2D eigenvalue weighted by atomic mass is 31.2. The second-order valence-corrected chi connectivity index (χ2v) is 10.8. The Morgan fingerprint density at radius 2 is 1.85 bits per heavy atom. The van der Waals surface area contributed by atoms with Gasteiger partial charge in [0.1, 0.15) is 12.2 Å². The molecule has 14 heteroatoms. The molecule has 34 heavy (non-hydrogen) atoms. The summed E-state index contributed by atoms with van der Waals surface area (Å²) < 4.78 is 31.2. The Labute approximate surface area is 197 Å². The molecular weight excluding hydrogens is 469 g/mol. The molecule has 13 nitrogen and oxygen atoms in total. The molecule has 2 aromatic rings. The zero-order valence-corrected chi connectivity index (χ0v) is 20.8. The van der Waals surface area contributed by atoms with Gasteiger partial charge in [0.05, 0.1) is 25.1 Å². The second-order valence-electron chi connectivity index (χ2n) is 8.77. The standard InChI is InChI=1S/C20H34N5O8P/c1-6-19(4,33-34(29,30)20(28,7-2)8-3)9-11-13(26)14(27)17(32-11)25-10-22-12-15(25)23-18(21)24-16(12)31-5/h10-11,13-14,17,26-28H,6-9H2,1-5H3,(H,29,30)(H2,21,23,24)/t11-,13-,14-,17-,19?/m1/s1. The van der Waals surface area contributed by atoms with E-state index in [1.807, 2.05) is 0 Å². The van der Waals surface area contributed by atoms with Crippen molar-refractivity contribution in [2.75, 3.05) is 12.8 Å². The number of anilines is 1. The number of methoxy groups -OCH3 is 1. The van der Waals surface area contributed by atoms with E-state index in [2.05, 4.69) is 15.0 Å². The van der Waals surface area contributed by atoms with Gasteiger partial charge in [-0.3, -0.25) is 9.13 Å². The molecule has 0 aromatic carbocycles. The molecule has 6 N–H and O–H groups in total. The molecule has 0 aliphatic carbocycles. The molecular formula is C20H34N5O8P. The smallest absolute Gasteiger partial charge is 0.359 e. The number of imidazole rings is 1. The first-order chi connectivity index (χ1) is 15.8. The number of fused-ring (bicyclic) bond motifs is 1.